The Morgan fingerprint density at radius 1 is 1.43 bits per heavy atom. The molecule has 80 valence electrons. The van der Waals surface area contributed by atoms with Crippen molar-refractivity contribution in [2.45, 2.75) is 46.1 Å². The van der Waals surface area contributed by atoms with Gasteiger partial charge < -0.3 is 10.5 Å². The van der Waals surface area contributed by atoms with E-state index >= 15 is 0 Å². The molecule has 1 unspecified atom stereocenters. The summed E-state index contributed by atoms with van der Waals surface area (Å²) >= 11 is 0. The molecule has 0 aromatic heterocycles. The smallest absolute Gasteiger partial charge is 0.404 e. The number of hydrogen-bond acceptors (Lipinski definition) is 2. The van der Waals surface area contributed by atoms with Crippen molar-refractivity contribution in [2.75, 3.05) is 0 Å². The van der Waals surface area contributed by atoms with Crippen LogP contribution in [-0.2, 0) is 4.74 Å². The minimum atomic E-state index is -0.625. The van der Waals surface area contributed by atoms with Gasteiger partial charge in [-0.25, -0.2) is 4.79 Å². The highest BCUT2D eigenvalue weighted by Crippen LogP contribution is 2.66. The van der Waals surface area contributed by atoms with Gasteiger partial charge in [-0.2, -0.15) is 0 Å². The summed E-state index contributed by atoms with van der Waals surface area (Å²) in [6, 6.07) is 0. The Labute approximate surface area is 85.0 Å². The largest absolute Gasteiger partial charge is 0.446 e. The minimum Gasteiger partial charge on any atom is -0.446 e. The van der Waals surface area contributed by atoms with Crippen molar-refractivity contribution in [2.24, 2.45) is 22.5 Å². The predicted molar refractivity (Wildman–Crippen MR) is 53.7 cm³/mol. The van der Waals surface area contributed by atoms with Crippen molar-refractivity contribution in [1.29, 1.82) is 0 Å². The van der Waals surface area contributed by atoms with E-state index in [2.05, 4.69) is 20.8 Å². The van der Waals surface area contributed by atoms with E-state index in [0.717, 1.165) is 12.8 Å². The van der Waals surface area contributed by atoms with Crippen LogP contribution in [0.4, 0.5) is 4.79 Å². The van der Waals surface area contributed by atoms with Crippen molar-refractivity contribution >= 4 is 6.09 Å². The molecule has 3 heteroatoms. The average Bonchev–Trinajstić information content (AvgIpc) is 2.35. The van der Waals surface area contributed by atoms with E-state index in [-0.39, 0.29) is 16.9 Å². The molecule has 2 bridgehead atoms. The zero-order chi connectivity index (χ0) is 10.6. The Bertz CT molecular complexity index is 274. The summed E-state index contributed by atoms with van der Waals surface area (Å²) in [5.74, 6) is 0.692. The third kappa shape index (κ3) is 1.01. The Balaban J connectivity index is 2.23. The zero-order valence-corrected chi connectivity index (χ0v) is 9.17. The lowest BCUT2D eigenvalue weighted by atomic mass is 9.70. The Morgan fingerprint density at radius 3 is 2.43 bits per heavy atom. The summed E-state index contributed by atoms with van der Waals surface area (Å²) in [4.78, 5) is 10.8. The molecule has 2 N–H and O–H groups in total. The number of hydrogen-bond donors (Lipinski definition) is 1. The number of ether oxygens (including phenoxy) is 1. The van der Waals surface area contributed by atoms with Crippen molar-refractivity contribution < 1.29 is 9.53 Å². The molecular weight excluding hydrogens is 178 g/mol. The number of rotatable bonds is 1. The van der Waals surface area contributed by atoms with Gasteiger partial charge in [-0.3, -0.25) is 0 Å². The standard InChI is InChI=1S/C11H19NO2/c1-10(2)7-4-5-11(10,3)8(6-7)14-9(12)13/h7-8H,4-6H2,1-3H3,(H2,12,13)/t7-,8?,11-/m1/s1. The van der Waals surface area contributed by atoms with Crippen molar-refractivity contribution in [1.82, 2.24) is 0 Å². The highest BCUT2D eigenvalue weighted by atomic mass is 16.6. The van der Waals surface area contributed by atoms with E-state index in [1.54, 1.807) is 0 Å². The van der Waals surface area contributed by atoms with Gasteiger partial charge >= 0.3 is 6.09 Å². The first-order chi connectivity index (χ1) is 6.38. The fourth-order valence-corrected chi connectivity index (χ4v) is 3.45. The molecule has 2 rings (SSSR count). The van der Waals surface area contributed by atoms with Gasteiger partial charge in [0, 0.05) is 5.41 Å². The van der Waals surface area contributed by atoms with Gasteiger partial charge in [-0.15, -0.1) is 0 Å². The number of nitrogens with two attached hydrogens (primary N) is 1. The summed E-state index contributed by atoms with van der Waals surface area (Å²) in [6.45, 7) is 6.80. The lowest BCUT2D eigenvalue weighted by molar-refractivity contribution is -0.000432. The normalized spacial score (nSPS) is 43.9. The second-order valence-corrected chi connectivity index (χ2v) is 5.54. The molecule has 2 saturated carbocycles. The van der Waals surface area contributed by atoms with Crippen LogP contribution in [0.25, 0.3) is 0 Å². The zero-order valence-electron chi connectivity index (χ0n) is 9.17. The molecule has 2 fully saturated rings. The van der Waals surface area contributed by atoms with Crippen LogP contribution >= 0.6 is 0 Å². The van der Waals surface area contributed by atoms with E-state index in [1.165, 1.54) is 6.42 Å². The van der Waals surface area contributed by atoms with Gasteiger partial charge in [0.2, 0.25) is 0 Å². The lowest BCUT2D eigenvalue weighted by Crippen LogP contribution is -2.39. The van der Waals surface area contributed by atoms with Crippen LogP contribution in [0.5, 0.6) is 0 Å². The van der Waals surface area contributed by atoms with Gasteiger partial charge in [-0.05, 0) is 30.6 Å². The molecular formula is C11H19NO2. The molecule has 0 spiro atoms. The van der Waals surface area contributed by atoms with E-state index in [0.29, 0.717) is 5.92 Å². The second kappa shape index (κ2) is 2.65. The van der Waals surface area contributed by atoms with Crippen LogP contribution < -0.4 is 5.73 Å². The van der Waals surface area contributed by atoms with Crippen LogP contribution in [0.15, 0.2) is 0 Å². The average molecular weight is 197 g/mol. The first-order valence-electron chi connectivity index (χ1n) is 5.34. The third-order valence-corrected chi connectivity index (χ3v) is 4.97. The van der Waals surface area contributed by atoms with Gasteiger partial charge in [0.1, 0.15) is 6.10 Å². The molecule has 3 nitrogen and oxygen atoms in total. The molecule has 2 aliphatic carbocycles. The summed E-state index contributed by atoms with van der Waals surface area (Å²) < 4.78 is 5.22. The van der Waals surface area contributed by atoms with Crippen molar-refractivity contribution in [3.05, 3.63) is 0 Å². The van der Waals surface area contributed by atoms with E-state index in [1.807, 2.05) is 0 Å². The Morgan fingerprint density at radius 2 is 2.07 bits per heavy atom. The van der Waals surface area contributed by atoms with Crippen LogP contribution in [0.1, 0.15) is 40.0 Å². The van der Waals surface area contributed by atoms with Gasteiger partial charge in [0.25, 0.3) is 0 Å². The molecule has 2 aliphatic rings. The maximum atomic E-state index is 10.8. The molecule has 14 heavy (non-hydrogen) atoms. The number of amides is 1. The summed E-state index contributed by atoms with van der Waals surface area (Å²) in [5.41, 5.74) is 5.51. The van der Waals surface area contributed by atoms with Crippen molar-refractivity contribution in [3.8, 4) is 0 Å². The van der Waals surface area contributed by atoms with Crippen LogP contribution in [0.2, 0.25) is 0 Å². The first-order valence-corrected chi connectivity index (χ1v) is 5.34. The summed E-state index contributed by atoms with van der Waals surface area (Å²) in [5, 5.41) is 0. The van der Waals surface area contributed by atoms with Crippen LogP contribution in [0, 0.1) is 16.7 Å². The first kappa shape index (κ1) is 9.81. The second-order valence-electron chi connectivity index (χ2n) is 5.54. The van der Waals surface area contributed by atoms with Crippen molar-refractivity contribution in [3.63, 3.8) is 0 Å². The number of fused-ring (bicyclic) bond motifs is 2. The van der Waals surface area contributed by atoms with E-state index in [9.17, 15) is 4.79 Å². The molecule has 0 aromatic carbocycles. The molecule has 0 aliphatic heterocycles. The van der Waals surface area contributed by atoms with E-state index in [4.69, 9.17) is 10.5 Å². The SMILES string of the molecule is CC1(C)[C@@H]2CC[C@]1(C)C(OC(N)=O)C2. The topological polar surface area (TPSA) is 52.3 Å². The predicted octanol–water partition coefficient (Wildman–Crippen LogP) is 2.30. The minimum absolute atomic E-state index is 0.0359. The number of carbonyl (C=O) groups is 1. The highest BCUT2D eigenvalue weighted by molar-refractivity contribution is 5.65. The lowest BCUT2D eigenvalue weighted by Gasteiger charge is -2.38. The monoisotopic (exact) mass is 197 g/mol. The fraction of sp³-hybridized carbons (Fsp3) is 0.909. The molecule has 0 saturated heterocycles. The number of carbonyl (C=O) groups excluding carboxylic acids is 1. The molecule has 0 radical (unpaired) electrons. The highest BCUT2D eigenvalue weighted by Gasteiger charge is 2.62. The van der Waals surface area contributed by atoms with Crippen LogP contribution in [0.3, 0.4) is 0 Å². The maximum absolute atomic E-state index is 10.8. The third-order valence-electron chi connectivity index (χ3n) is 4.97. The summed E-state index contributed by atoms with van der Waals surface area (Å²) in [6.07, 6.45) is 2.82. The molecule has 1 amide bonds. The summed E-state index contributed by atoms with van der Waals surface area (Å²) in [7, 11) is 0. The van der Waals surface area contributed by atoms with Gasteiger partial charge in [-0.1, -0.05) is 20.8 Å². The van der Waals surface area contributed by atoms with E-state index < -0.39 is 6.09 Å². The Kier molecular flexibility index (Phi) is 1.85. The quantitative estimate of drug-likeness (QED) is 0.701. The molecule has 3 atom stereocenters. The van der Waals surface area contributed by atoms with Gasteiger partial charge in [0.05, 0.1) is 0 Å². The molecule has 0 aromatic rings. The fourth-order valence-electron chi connectivity index (χ4n) is 3.45. The van der Waals surface area contributed by atoms with Crippen LogP contribution in [-0.4, -0.2) is 12.2 Å². The maximum Gasteiger partial charge on any atom is 0.404 e. The Hall–Kier alpha value is -0.730. The molecule has 0 heterocycles. The van der Waals surface area contributed by atoms with Gasteiger partial charge in [0.15, 0.2) is 0 Å². The number of primary amides is 1.